The maximum absolute atomic E-state index is 11.5. The molecule has 0 aromatic heterocycles. The molecule has 15 heavy (non-hydrogen) atoms. The van der Waals surface area contributed by atoms with Gasteiger partial charge in [-0.3, -0.25) is 4.79 Å². The Balaban J connectivity index is 2.74. The van der Waals surface area contributed by atoms with E-state index in [9.17, 15) is 9.90 Å². The Hall–Kier alpha value is -0.830. The predicted molar refractivity (Wildman–Crippen MR) is 58.3 cm³/mol. The van der Waals surface area contributed by atoms with Gasteiger partial charge in [-0.1, -0.05) is 13.0 Å². The fraction of sp³-hybridized carbons (Fsp3) is 0.750. The first-order valence-electron chi connectivity index (χ1n) is 5.46. The average Bonchev–Trinajstić information content (AvgIpc) is 2.23. The lowest BCUT2D eigenvalue weighted by molar-refractivity contribution is -0.155. The Labute approximate surface area is 91.1 Å². The number of methoxy groups -OCH3 is 1. The molecule has 1 rings (SSSR count). The summed E-state index contributed by atoms with van der Waals surface area (Å²) in [5, 5.41) is 10.4. The highest BCUT2D eigenvalue weighted by Gasteiger charge is 2.42. The van der Waals surface area contributed by atoms with Gasteiger partial charge in [0.1, 0.15) is 5.92 Å². The zero-order valence-corrected chi connectivity index (χ0v) is 9.53. The number of carbonyl (C=O) groups excluding carboxylic acids is 1. The second-order valence-electron chi connectivity index (χ2n) is 4.52. The molecular formula is C12H20O3. The largest absolute Gasteiger partial charge is 0.468 e. The molecule has 3 nitrogen and oxygen atoms in total. The molecule has 0 saturated heterocycles. The van der Waals surface area contributed by atoms with Gasteiger partial charge in [0.25, 0.3) is 0 Å². The molecule has 0 aromatic carbocycles. The molecule has 1 unspecified atom stereocenters. The Morgan fingerprint density at radius 1 is 1.60 bits per heavy atom. The van der Waals surface area contributed by atoms with Crippen LogP contribution in [0, 0.1) is 11.8 Å². The van der Waals surface area contributed by atoms with Crippen molar-refractivity contribution in [1.29, 1.82) is 0 Å². The third kappa shape index (κ3) is 2.59. The maximum atomic E-state index is 11.5. The summed E-state index contributed by atoms with van der Waals surface area (Å²) in [6, 6.07) is 0. The third-order valence-electron chi connectivity index (χ3n) is 3.41. The van der Waals surface area contributed by atoms with E-state index >= 15 is 0 Å². The van der Waals surface area contributed by atoms with Crippen LogP contribution in [0.15, 0.2) is 12.7 Å². The Bertz CT molecular complexity index is 239. The number of hydrogen-bond acceptors (Lipinski definition) is 3. The summed E-state index contributed by atoms with van der Waals surface area (Å²) in [5.74, 6) is -0.342. The normalized spacial score (nSPS) is 33.1. The highest BCUT2D eigenvalue weighted by molar-refractivity contribution is 5.75. The van der Waals surface area contributed by atoms with Crippen molar-refractivity contribution in [2.75, 3.05) is 7.11 Å². The summed E-state index contributed by atoms with van der Waals surface area (Å²) in [6.45, 7) is 5.78. The quantitative estimate of drug-likeness (QED) is 0.574. The number of ether oxygens (including phenoxy) is 1. The number of rotatable bonds is 3. The van der Waals surface area contributed by atoms with Crippen molar-refractivity contribution < 1.29 is 14.6 Å². The second-order valence-corrected chi connectivity index (χ2v) is 4.52. The lowest BCUT2D eigenvalue weighted by Crippen LogP contribution is -2.44. The van der Waals surface area contributed by atoms with Gasteiger partial charge < -0.3 is 9.84 Å². The number of aliphatic hydroxyl groups is 1. The molecule has 3 heteroatoms. The van der Waals surface area contributed by atoms with Crippen molar-refractivity contribution in [3.63, 3.8) is 0 Å². The molecule has 86 valence electrons. The molecular weight excluding hydrogens is 192 g/mol. The second kappa shape index (κ2) is 4.79. The van der Waals surface area contributed by atoms with Crippen LogP contribution in [0.2, 0.25) is 0 Å². The van der Waals surface area contributed by atoms with Crippen LogP contribution in [-0.2, 0) is 9.53 Å². The van der Waals surface area contributed by atoms with Crippen LogP contribution in [0.5, 0.6) is 0 Å². The first-order valence-corrected chi connectivity index (χ1v) is 5.46. The van der Waals surface area contributed by atoms with E-state index in [0.717, 1.165) is 12.8 Å². The Morgan fingerprint density at radius 3 is 2.53 bits per heavy atom. The van der Waals surface area contributed by atoms with Gasteiger partial charge in [0.05, 0.1) is 12.7 Å². The number of carbonyl (C=O) groups is 1. The monoisotopic (exact) mass is 212 g/mol. The van der Waals surface area contributed by atoms with E-state index in [1.807, 2.05) is 0 Å². The van der Waals surface area contributed by atoms with Crippen molar-refractivity contribution in [2.45, 2.75) is 38.2 Å². The molecule has 0 amide bonds. The van der Waals surface area contributed by atoms with Crippen molar-refractivity contribution >= 4 is 5.97 Å². The van der Waals surface area contributed by atoms with Crippen LogP contribution in [-0.4, -0.2) is 23.8 Å². The van der Waals surface area contributed by atoms with Gasteiger partial charge in [-0.05, 0) is 31.6 Å². The van der Waals surface area contributed by atoms with Crippen molar-refractivity contribution in [1.82, 2.24) is 0 Å². The van der Waals surface area contributed by atoms with Crippen LogP contribution in [0.4, 0.5) is 0 Å². The number of esters is 1. The topological polar surface area (TPSA) is 46.5 Å². The summed E-state index contributed by atoms with van der Waals surface area (Å²) in [5.41, 5.74) is -0.943. The summed E-state index contributed by atoms with van der Waals surface area (Å²) in [4.78, 5) is 11.5. The number of hydrogen-bond donors (Lipinski definition) is 1. The fourth-order valence-electron chi connectivity index (χ4n) is 2.23. The molecule has 1 saturated carbocycles. The van der Waals surface area contributed by atoms with E-state index in [1.165, 1.54) is 13.2 Å². The van der Waals surface area contributed by atoms with Gasteiger partial charge in [0.2, 0.25) is 0 Å². The van der Waals surface area contributed by atoms with E-state index < -0.39 is 11.5 Å². The van der Waals surface area contributed by atoms with Gasteiger partial charge in [0.15, 0.2) is 0 Å². The van der Waals surface area contributed by atoms with Gasteiger partial charge in [0, 0.05) is 0 Å². The predicted octanol–water partition coefficient (Wildman–Crippen LogP) is 1.90. The first-order chi connectivity index (χ1) is 7.03. The zero-order valence-electron chi connectivity index (χ0n) is 9.53. The summed E-state index contributed by atoms with van der Waals surface area (Å²) >= 11 is 0. The maximum Gasteiger partial charge on any atom is 0.315 e. The molecule has 0 aromatic rings. The van der Waals surface area contributed by atoms with Crippen molar-refractivity contribution in [2.24, 2.45) is 11.8 Å². The minimum Gasteiger partial charge on any atom is -0.468 e. The third-order valence-corrected chi connectivity index (χ3v) is 3.41. The van der Waals surface area contributed by atoms with Gasteiger partial charge in [-0.15, -0.1) is 6.58 Å². The van der Waals surface area contributed by atoms with E-state index in [1.54, 1.807) is 0 Å². The summed E-state index contributed by atoms with van der Waals surface area (Å²) in [7, 11) is 1.34. The molecule has 0 aliphatic heterocycles. The van der Waals surface area contributed by atoms with Crippen LogP contribution in [0.25, 0.3) is 0 Å². The highest BCUT2D eigenvalue weighted by atomic mass is 16.5. The molecule has 1 N–H and O–H groups in total. The summed E-state index contributed by atoms with van der Waals surface area (Å²) < 4.78 is 4.68. The van der Waals surface area contributed by atoms with Gasteiger partial charge >= 0.3 is 5.97 Å². The Kier molecular flexibility index (Phi) is 3.91. The van der Waals surface area contributed by atoms with E-state index in [0.29, 0.717) is 18.8 Å². The molecule has 0 radical (unpaired) electrons. The van der Waals surface area contributed by atoms with E-state index in [4.69, 9.17) is 0 Å². The fourth-order valence-corrected chi connectivity index (χ4v) is 2.23. The van der Waals surface area contributed by atoms with Crippen molar-refractivity contribution in [3.8, 4) is 0 Å². The van der Waals surface area contributed by atoms with E-state index in [2.05, 4.69) is 18.2 Å². The molecule has 1 atom stereocenters. The average molecular weight is 212 g/mol. The highest BCUT2D eigenvalue weighted by Crippen LogP contribution is 2.37. The lowest BCUT2D eigenvalue weighted by atomic mass is 9.72. The first kappa shape index (κ1) is 12.2. The minimum atomic E-state index is -0.943. The van der Waals surface area contributed by atoms with E-state index in [-0.39, 0.29) is 5.97 Å². The zero-order chi connectivity index (χ0) is 11.5. The lowest BCUT2D eigenvalue weighted by Gasteiger charge is -2.38. The molecule has 1 fully saturated rings. The van der Waals surface area contributed by atoms with Crippen LogP contribution in [0.3, 0.4) is 0 Å². The van der Waals surface area contributed by atoms with Gasteiger partial charge in [-0.25, -0.2) is 0 Å². The van der Waals surface area contributed by atoms with Crippen LogP contribution in [0.1, 0.15) is 32.6 Å². The molecule has 1 aliphatic carbocycles. The van der Waals surface area contributed by atoms with Gasteiger partial charge in [-0.2, -0.15) is 0 Å². The molecule has 0 bridgehead atoms. The summed E-state index contributed by atoms with van der Waals surface area (Å²) in [6.07, 6.45) is 4.72. The minimum absolute atomic E-state index is 0.387. The molecule has 1 aliphatic rings. The smallest absolute Gasteiger partial charge is 0.315 e. The Morgan fingerprint density at radius 2 is 2.13 bits per heavy atom. The molecule has 0 heterocycles. The molecule has 0 spiro atoms. The van der Waals surface area contributed by atoms with Crippen LogP contribution < -0.4 is 0 Å². The van der Waals surface area contributed by atoms with Crippen LogP contribution >= 0.6 is 0 Å². The standard InChI is InChI=1S/C12H20O3/c1-4-10(11(13)15-3)12(14)7-5-9(2)6-8-12/h4,9-10,14H,1,5-8H2,2-3H3. The SMILES string of the molecule is C=CC(C(=O)OC)C1(O)CCC(C)CC1. The van der Waals surface area contributed by atoms with Crippen molar-refractivity contribution in [3.05, 3.63) is 12.7 Å².